The van der Waals surface area contributed by atoms with E-state index in [2.05, 4.69) is 23.5 Å². The van der Waals surface area contributed by atoms with E-state index in [1.165, 1.54) is 5.56 Å². The minimum atomic E-state index is 0.00486. The molecule has 1 heterocycles. The van der Waals surface area contributed by atoms with Crippen LogP contribution < -0.4 is 10.1 Å². The van der Waals surface area contributed by atoms with Crippen LogP contribution in [-0.2, 0) is 10.2 Å². The van der Waals surface area contributed by atoms with E-state index in [4.69, 9.17) is 26.3 Å². The van der Waals surface area contributed by atoms with Crippen molar-refractivity contribution in [3.8, 4) is 11.8 Å². The number of methoxy groups -OCH3 is 1. The molecule has 1 fully saturated rings. The molecule has 1 aliphatic heterocycles. The number of benzene rings is 2. The lowest BCUT2D eigenvalue weighted by atomic mass is 9.74. The molecule has 0 saturated carbocycles. The molecule has 4 nitrogen and oxygen atoms in total. The smallest absolute Gasteiger partial charge is 0.118 e. The molecule has 1 N–H and O–H groups in total. The van der Waals surface area contributed by atoms with Crippen LogP contribution in [0.15, 0.2) is 42.5 Å². The second kappa shape index (κ2) is 7.77. The number of nitriles is 1. The molecule has 2 aromatic carbocycles. The average molecular weight is 357 g/mol. The monoisotopic (exact) mass is 356 g/mol. The molecule has 0 amide bonds. The number of anilines is 1. The van der Waals surface area contributed by atoms with Crippen LogP contribution in [-0.4, -0.2) is 26.9 Å². The molecule has 0 spiro atoms. The van der Waals surface area contributed by atoms with E-state index in [1.807, 2.05) is 18.2 Å². The van der Waals surface area contributed by atoms with Gasteiger partial charge in [0, 0.05) is 30.9 Å². The van der Waals surface area contributed by atoms with Crippen LogP contribution in [0.25, 0.3) is 0 Å². The minimum Gasteiger partial charge on any atom is -0.497 e. The molecular formula is C20H21ClN2O2. The summed E-state index contributed by atoms with van der Waals surface area (Å²) in [6, 6.07) is 15.8. The van der Waals surface area contributed by atoms with Crippen molar-refractivity contribution < 1.29 is 9.47 Å². The number of rotatable bonds is 5. The zero-order valence-corrected chi connectivity index (χ0v) is 15.0. The van der Waals surface area contributed by atoms with Crippen molar-refractivity contribution in [2.24, 2.45) is 0 Å². The lowest BCUT2D eigenvalue weighted by Gasteiger charge is -2.38. The van der Waals surface area contributed by atoms with Gasteiger partial charge in [0.25, 0.3) is 0 Å². The van der Waals surface area contributed by atoms with Gasteiger partial charge in [-0.25, -0.2) is 0 Å². The fourth-order valence-corrected chi connectivity index (χ4v) is 3.48. The zero-order chi connectivity index (χ0) is 17.7. The molecule has 25 heavy (non-hydrogen) atoms. The summed E-state index contributed by atoms with van der Waals surface area (Å²) >= 11 is 6.14. The average Bonchev–Trinajstić information content (AvgIpc) is 2.67. The maximum atomic E-state index is 9.00. The van der Waals surface area contributed by atoms with Crippen LogP contribution in [0, 0.1) is 11.3 Å². The van der Waals surface area contributed by atoms with Crippen molar-refractivity contribution in [3.63, 3.8) is 0 Å². The number of hydrogen-bond acceptors (Lipinski definition) is 4. The summed E-state index contributed by atoms with van der Waals surface area (Å²) in [4.78, 5) is 0. The Morgan fingerprint density at radius 2 is 1.92 bits per heavy atom. The normalized spacial score (nSPS) is 16.0. The lowest BCUT2D eigenvalue weighted by molar-refractivity contribution is 0.0544. The first-order valence-corrected chi connectivity index (χ1v) is 8.70. The van der Waals surface area contributed by atoms with Crippen LogP contribution in [0.3, 0.4) is 0 Å². The highest BCUT2D eigenvalue weighted by atomic mass is 35.5. The van der Waals surface area contributed by atoms with E-state index < -0.39 is 0 Å². The minimum absolute atomic E-state index is 0.00486. The van der Waals surface area contributed by atoms with Gasteiger partial charge in [-0.2, -0.15) is 5.26 Å². The molecular weight excluding hydrogens is 336 g/mol. The SMILES string of the molecule is COc1ccc(C2(CNc3ccc(C#N)c(Cl)c3)CCOCC2)cc1. The number of halogens is 1. The van der Waals surface area contributed by atoms with Gasteiger partial charge in [0.2, 0.25) is 0 Å². The Morgan fingerprint density at radius 3 is 2.52 bits per heavy atom. The first-order chi connectivity index (χ1) is 12.2. The second-order valence-corrected chi connectivity index (χ2v) is 6.69. The van der Waals surface area contributed by atoms with Gasteiger partial charge in [0.15, 0.2) is 0 Å². The van der Waals surface area contributed by atoms with E-state index >= 15 is 0 Å². The molecule has 5 heteroatoms. The maximum absolute atomic E-state index is 9.00. The van der Waals surface area contributed by atoms with Gasteiger partial charge in [0.1, 0.15) is 11.8 Å². The molecule has 0 atom stereocenters. The van der Waals surface area contributed by atoms with E-state index in [0.717, 1.165) is 44.0 Å². The van der Waals surface area contributed by atoms with E-state index in [-0.39, 0.29) is 5.41 Å². The third-order valence-electron chi connectivity index (χ3n) is 4.87. The predicted molar refractivity (Wildman–Crippen MR) is 99.4 cm³/mol. The summed E-state index contributed by atoms with van der Waals surface area (Å²) in [6.45, 7) is 2.29. The van der Waals surface area contributed by atoms with Crippen LogP contribution >= 0.6 is 11.6 Å². The van der Waals surface area contributed by atoms with Gasteiger partial charge in [0.05, 0.1) is 17.7 Å². The van der Waals surface area contributed by atoms with E-state index in [1.54, 1.807) is 19.2 Å². The molecule has 1 aliphatic rings. The standard InChI is InChI=1S/C20H21ClN2O2/c1-24-18-6-3-16(4-7-18)20(8-10-25-11-9-20)14-23-17-5-2-15(13-22)19(21)12-17/h2-7,12,23H,8-11,14H2,1H3. The summed E-state index contributed by atoms with van der Waals surface area (Å²) in [6.07, 6.45) is 1.91. The molecule has 3 rings (SSSR count). The molecule has 0 unspecified atom stereocenters. The quantitative estimate of drug-likeness (QED) is 0.863. The molecule has 0 radical (unpaired) electrons. The summed E-state index contributed by atoms with van der Waals surface area (Å²) in [5.41, 5.74) is 2.70. The van der Waals surface area contributed by atoms with Gasteiger partial charge in [-0.05, 0) is 48.7 Å². The molecule has 0 bridgehead atoms. The predicted octanol–water partition coefficient (Wildman–Crippen LogP) is 4.38. The van der Waals surface area contributed by atoms with E-state index in [9.17, 15) is 0 Å². The summed E-state index contributed by atoms with van der Waals surface area (Å²) < 4.78 is 10.9. The lowest BCUT2D eigenvalue weighted by Crippen LogP contribution is -2.40. The molecule has 0 aromatic heterocycles. The molecule has 130 valence electrons. The van der Waals surface area contributed by atoms with E-state index in [0.29, 0.717) is 10.6 Å². The molecule has 2 aromatic rings. The molecule has 1 saturated heterocycles. The van der Waals surface area contributed by atoms with Crippen molar-refractivity contribution in [1.29, 1.82) is 5.26 Å². The Bertz CT molecular complexity index is 762. The maximum Gasteiger partial charge on any atom is 0.118 e. The highest BCUT2D eigenvalue weighted by Crippen LogP contribution is 2.36. The third-order valence-corrected chi connectivity index (χ3v) is 5.19. The van der Waals surface area contributed by atoms with Gasteiger partial charge in [-0.15, -0.1) is 0 Å². The van der Waals surface area contributed by atoms with Crippen molar-refractivity contribution in [2.75, 3.05) is 32.2 Å². The first kappa shape index (κ1) is 17.6. The fraction of sp³-hybridized carbons (Fsp3) is 0.350. The van der Waals surface area contributed by atoms with Gasteiger partial charge in [-0.1, -0.05) is 23.7 Å². The number of hydrogen-bond donors (Lipinski definition) is 1. The van der Waals surface area contributed by atoms with Crippen molar-refractivity contribution in [2.45, 2.75) is 18.3 Å². The Hall–Kier alpha value is -2.22. The Kier molecular flexibility index (Phi) is 5.47. The van der Waals surface area contributed by atoms with Gasteiger partial charge >= 0.3 is 0 Å². The fourth-order valence-electron chi connectivity index (χ4n) is 3.26. The summed E-state index contributed by atoms with van der Waals surface area (Å²) in [7, 11) is 1.68. The van der Waals surface area contributed by atoms with Gasteiger partial charge in [-0.3, -0.25) is 0 Å². The first-order valence-electron chi connectivity index (χ1n) is 8.33. The van der Waals surface area contributed by atoms with Crippen LogP contribution in [0.1, 0.15) is 24.0 Å². The van der Waals surface area contributed by atoms with Crippen LogP contribution in [0.5, 0.6) is 5.75 Å². The Morgan fingerprint density at radius 1 is 1.20 bits per heavy atom. The highest BCUT2D eigenvalue weighted by molar-refractivity contribution is 6.32. The third kappa shape index (κ3) is 3.89. The highest BCUT2D eigenvalue weighted by Gasteiger charge is 2.34. The second-order valence-electron chi connectivity index (χ2n) is 6.28. The van der Waals surface area contributed by atoms with Gasteiger partial charge < -0.3 is 14.8 Å². The number of nitrogens with one attached hydrogen (secondary N) is 1. The number of nitrogens with zero attached hydrogens (tertiary/aromatic N) is 1. The largest absolute Gasteiger partial charge is 0.497 e. The topological polar surface area (TPSA) is 54.3 Å². The summed E-state index contributed by atoms with van der Waals surface area (Å²) in [5.74, 6) is 0.859. The van der Waals surface area contributed by atoms with Crippen LogP contribution in [0.2, 0.25) is 5.02 Å². The van der Waals surface area contributed by atoms with Crippen molar-refractivity contribution >= 4 is 17.3 Å². The van der Waals surface area contributed by atoms with Crippen LogP contribution in [0.4, 0.5) is 5.69 Å². The number of ether oxygens (including phenoxy) is 2. The van der Waals surface area contributed by atoms with Crippen molar-refractivity contribution in [3.05, 3.63) is 58.6 Å². The molecule has 0 aliphatic carbocycles. The summed E-state index contributed by atoms with van der Waals surface area (Å²) in [5, 5.41) is 13.0. The van der Waals surface area contributed by atoms with Crippen molar-refractivity contribution in [1.82, 2.24) is 0 Å². The Labute approximate surface area is 153 Å². The zero-order valence-electron chi connectivity index (χ0n) is 14.2. The Balaban J connectivity index is 1.81.